The van der Waals surface area contributed by atoms with Crippen LogP contribution in [0.3, 0.4) is 0 Å². The minimum absolute atomic E-state index is 0.0172. The first-order chi connectivity index (χ1) is 16.5. The third-order valence-corrected chi connectivity index (χ3v) is 6.56. The maximum atomic E-state index is 12.4. The van der Waals surface area contributed by atoms with Gasteiger partial charge in [0.2, 0.25) is 11.9 Å². The number of hydrogen-bond donors (Lipinski definition) is 2. The molecule has 1 fully saturated rings. The van der Waals surface area contributed by atoms with Crippen LogP contribution in [0.5, 0.6) is 5.75 Å². The van der Waals surface area contributed by atoms with Gasteiger partial charge < -0.3 is 19.4 Å². The lowest BCUT2D eigenvalue weighted by molar-refractivity contribution is -0.117. The standard InChI is InChI=1S/C23H28N6O4S/c1-16-9-11-28(12-10-16)22-26-27-23(29(22)14-19-4-3-13-33-19)34-15-20(30)25-21(31)24-17-5-7-18(32-2)8-6-17/h3-8,13,16H,9-12,14-15H2,1-2H3,(H2,24,25,30,31). The number of nitrogens with one attached hydrogen (secondary N) is 2. The van der Waals surface area contributed by atoms with Crippen molar-refractivity contribution in [2.24, 2.45) is 5.92 Å². The minimum Gasteiger partial charge on any atom is -0.497 e. The molecule has 180 valence electrons. The number of methoxy groups -OCH3 is 1. The Hall–Kier alpha value is -3.47. The highest BCUT2D eigenvalue weighted by atomic mass is 32.2. The zero-order valence-electron chi connectivity index (χ0n) is 19.2. The Morgan fingerprint density at radius 3 is 2.62 bits per heavy atom. The fourth-order valence-electron chi connectivity index (χ4n) is 3.66. The van der Waals surface area contributed by atoms with Gasteiger partial charge in [-0.15, -0.1) is 10.2 Å². The molecule has 0 radical (unpaired) electrons. The summed E-state index contributed by atoms with van der Waals surface area (Å²) in [5.41, 5.74) is 0.553. The molecule has 0 aliphatic carbocycles. The zero-order valence-corrected chi connectivity index (χ0v) is 20.0. The summed E-state index contributed by atoms with van der Waals surface area (Å²) in [4.78, 5) is 26.8. The largest absolute Gasteiger partial charge is 0.497 e. The molecule has 0 spiro atoms. The maximum absolute atomic E-state index is 12.4. The fraction of sp³-hybridized carbons (Fsp3) is 0.391. The molecule has 3 aromatic rings. The number of hydrogen-bond acceptors (Lipinski definition) is 8. The summed E-state index contributed by atoms with van der Waals surface area (Å²) in [5.74, 6) is 2.50. The Kier molecular flexibility index (Phi) is 7.73. The van der Waals surface area contributed by atoms with E-state index >= 15 is 0 Å². The van der Waals surface area contributed by atoms with E-state index in [-0.39, 0.29) is 5.75 Å². The Labute approximate surface area is 202 Å². The summed E-state index contributed by atoms with van der Waals surface area (Å²) in [7, 11) is 1.57. The van der Waals surface area contributed by atoms with Gasteiger partial charge in [-0.05, 0) is 55.2 Å². The van der Waals surface area contributed by atoms with Crippen LogP contribution >= 0.6 is 11.8 Å². The number of rotatable bonds is 8. The van der Waals surface area contributed by atoms with Crippen molar-refractivity contribution < 1.29 is 18.7 Å². The summed E-state index contributed by atoms with van der Waals surface area (Å²) < 4.78 is 12.6. The normalized spacial score (nSPS) is 14.1. The number of benzene rings is 1. The van der Waals surface area contributed by atoms with Gasteiger partial charge >= 0.3 is 6.03 Å². The molecule has 0 saturated carbocycles. The Balaban J connectivity index is 1.37. The number of piperidine rings is 1. The smallest absolute Gasteiger partial charge is 0.325 e. The predicted molar refractivity (Wildman–Crippen MR) is 129 cm³/mol. The van der Waals surface area contributed by atoms with Gasteiger partial charge in [-0.1, -0.05) is 18.7 Å². The Morgan fingerprint density at radius 1 is 1.18 bits per heavy atom. The van der Waals surface area contributed by atoms with Gasteiger partial charge in [-0.3, -0.25) is 14.7 Å². The molecule has 1 aliphatic heterocycles. The Morgan fingerprint density at radius 2 is 1.94 bits per heavy atom. The van der Waals surface area contributed by atoms with Crippen LogP contribution in [0.25, 0.3) is 0 Å². The van der Waals surface area contributed by atoms with Crippen molar-refractivity contribution in [1.82, 2.24) is 20.1 Å². The number of thioether (sulfide) groups is 1. The van der Waals surface area contributed by atoms with Crippen molar-refractivity contribution in [1.29, 1.82) is 0 Å². The lowest BCUT2D eigenvalue weighted by Crippen LogP contribution is -2.35. The number of ether oxygens (including phenoxy) is 1. The molecule has 1 saturated heterocycles. The first-order valence-corrected chi connectivity index (χ1v) is 12.1. The quantitative estimate of drug-likeness (QED) is 0.466. The van der Waals surface area contributed by atoms with Gasteiger partial charge in [0.1, 0.15) is 11.5 Å². The summed E-state index contributed by atoms with van der Waals surface area (Å²) in [5, 5.41) is 14.3. The summed E-state index contributed by atoms with van der Waals surface area (Å²) in [6, 6.07) is 9.96. The Bertz CT molecular complexity index is 1090. The van der Waals surface area contributed by atoms with Gasteiger partial charge in [0.25, 0.3) is 0 Å². The number of amides is 3. The van der Waals surface area contributed by atoms with Crippen LogP contribution in [-0.2, 0) is 11.3 Å². The monoisotopic (exact) mass is 484 g/mol. The second kappa shape index (κ2) is 11.1. The summed E-state index contributed by atoms with van der Waals surface area (Å²) in [6.07, 6.45) is 3.83. The average Bonchev–Trinajstić information content (AvgIpc) is 3.49. The molecule has 34 heavy (non-hydrogen) atoms. The number of carbonyl (C=O) groups excluding carboxylic acids is 2. The summed E-state index contributed by atoms with van der Waals surface area (Å²) >= 11 is 1.23. The molecule has 3 heterocycles. The fourth-order valence-corrected chi connectivity index (χ4v) is 4.39. The third-order valence-electron chi connectivity index (χ3n) is 5.59. The van der Waals surface area contributed by atoms with Crippen molar-refractivity contribution in [2.45, 2.75) is 31.5 Å². The summed E-state index contributed by atoms with van der Waals surface area (Å²) in [6.45, 7) is 4.54. The van der Waals surface area contributed by atoms with Crippen LogP contribution in [0.15, 0.2) is 52.2 Å². The van der Waals surface area contributed by atoms with Crippen molar-refractivity contribution in [3.8, 4) is 5.75 Å². The third kappa shape index (κ3) is 6.10. The first kappa shape index (κ1) is 23.7. The number of nitrogens with zero attached hydrogens (tertiary/aromatic N) is 4. The van der Waals surface area contributed by atoms with Crippen molar-refractivity contribution in [3.63, 3.8) is 0 Å². The molecule has 1 aliphatic rings. The minimum atomic E-state index is -0.601. The van der Waals surface area contributed by atoms with Crippen molar-refractivity contribution >= 4 is 35.3 Å². The van der Waals surface area contributed by atoms with Crippen LogP contribution in [0.2, 0.25) is 0 Å². The molecule has 10 nitrogen and oxygen atoms in total. The van der Waals surface area contributed by atoms with Gasteiger partial charge in [0.15, 0.2) is 5.16 Å². The van der Waals surface area contributed by atoms with Gasteiger partial charge in [0.05, 0.1) is 25.7 Å². The van der Waals surface area contributed by atoms with E-state index in [9.17, 15) is 9.59 Å². The highest BCUT2D eigenvalue weighted by Gasteiger charge is 2.24. The molecule has 4 rings (SSSR count). The number of anilines is 2. The van der Waals surface area contributed by atoms with Crippen LogP contribution < -0.4 is 20.3 Å². The van der Waals surface area contributed by atoms with Gasteiger partial charge in [0, 0.05) is 18.8 Å². The molecule has 0 atom stereocenters. The lowest BCUT2D eigenvalue weighted by Gasteiger charge is -2.31. The maximum Gasteiger partial charge on any atom is 0.325 e. The first-order valence-electron chi connectivity index (χ1n) is 11.1. The molecule has 0 unspecified atom stereocenters. The second-order valence-electron chi connectivity index (χ2n) is 8.14. The number of imide groups is 1. The van der Waals surface area contributed by atoms with E-state index in [1.807, 2.05) is 16.7 Å². The molecular formula is C23H28N6O4S. The second-order valence-corrected chi connectivity index (χ2v) is 9.08. The van der Waals surface area contributed by atoms with E-state index in [0.29, 0.717) is 29.1 Å². The molecule has 2 aromatic heterocycles. The molecule has 1 aromatic carbocycles. The topological polar surface area (TPSA) is 115 Å². The highest BCUT2D eigenvalue weighted by Crippen LogP contribution is 2.27. The van der Waals surface area contributed by atoms with Crippen LogP contribution in [-0.4, -0.2) is 52.7 Å². The molecule has 2 N–H and O–H groups in total. The van der Waals surface area contributed by atoms with Crippen molar-refractivity contribution in [3.05, 3.63) is 48.4 Å². The number of urea groups is 1. The average molecular weight is 485 g/mol. The van der Waals surface area contributed by atoms with E-state index in [2.05, 4.69) is 32.7 Å². The van der Waals surface area contributed by atoms with Crippen LogP contribution in [0, 0.1) is 5.92 Å². The van der Waals surface area contributed by atoms with E-state index in [1.165, 1.54) is 11.8 Å². The number of furan rings is 1. The van der Waals surface area contributed by atoms with Gasteiger partial charge in [-0.25, -0.2) is 4.79 Å². The number of aromatic nitrogens is 3. The van der Waals surface area contributed by atoms with E-state index in [1.54, 1.807) is 37.6 Å². The highest BCUT2D eigenvalue weighted by molar-refractivity contribution is 7.99. The van der Waals surface area contributed by atoms with E-state index < -0.39 is 11.9 Å². The van der Waals surface area contributed by atoms with Crippen LogP contribution in [0.4, 0.5) is 16.4 Å². The zero-order chi connectivity index (χ0) is 23.9. The molecular weight excluding hydrogens is 456 g/mol. The van der Waals surface area contributed by atoms with Crippen molar-refractivity contribution in [2.75, 3.05) is 36.2 Å². The molecule has 0 bridgehead atoms. The number of carbonyl (C=O) groups is 2. The van der Waals surface area contributed by atoms with Crippen LogP contribution in [0.1, 0.15) is 25.5 Å². The molecule has 3 amide bonds. The predicted octanol–water partition coefficient (Wildman–Crippen LogP) is 3.60. The van der Waals surface area contributed by atoms with E-state index in [4.69, 9.17) is 9.15 Å². The SMILES string of the molecule is COc1ccc(NC(=O)NC(=O)CSc2nnc(N3CCC(C)CC3)n2Cc2ccco2)cc1. The molecule has 11 heteroatoms. The van der Waals surface area contributed by atoms with E-state index in [0.717, 1.165) is 37.6 Å². The van der Waals surface area contributed by atoms with Gasteiger partial charge in [-0.2, -0.15) is 0 Å². The lowest BCUT2D eigenvalue weighted by atomic mass is 10.00.